The maximum atomic E-state index is 14.3. The van der Waals surface area contributed by atoms with Gasteiger partial charge in [0.2, 0.25) is 0 Å². The zero-order chi connectivity index (χ0) is 68.9. The molecule has 94 heavy (non-hydrogen) atoms. The zero-order valence-electron chi connectivity index (χ0n) is 57.3. The largest absolute Gasteiger partial charge is 0.472 e. The van der Waals surface area contributed by atoms with Crippen molar-refractivity contribution in [2.75, 3.05) is 26.4 Å². The number of phosphoric ester groups is 1. The first kappa shape index (κ1) is 85.9. The third kappa shape index (κ3) is 35.1. The fourth-order valence-corrected chi connectivity index (χ4v) is 13.0. The molecule has 3 rings (SSSR count). The molecule has 0 aromatic carbocycles. The van der Waals surface area contributed by atoms with E-state index in [0.717, 1.165) is 89.9 Å². The number of carbonyl (C=O) groups excluding carboxylic acids is 3. The Morgan fingerprint density at radius 1 is 0.404 bits per heavy atom. The van der Waals surface area contributed by atoms with Crippen LogP contribution >= 0.6 is 7.82 Å². The molecule has 25 heteroatoms. The number of allylic oxidation sites excluding steroid dienone is 2. The van der Waals surface area contributed by atoms with Crippen LogP contribution in [-0.4, -0.2) is 204 Å². The van der Waals surface area contributed by atoms with Crippen molar-refractivity contribution in [3.8, 4) is 0 Å². The van der Waals surface area contributed by atoms with Crippen LogP contribution in [0.25, 0.3) is 0 Å². The first-order valence-electron chi connectivity index (χ1n) is 36.5. The van der Waals surface area contributed by atoms with Crippen molar-refractivity contribution < 1.29 is 117 Å². The Balaban J connectivity index is 1.76. The number of aliphatic hydroxyl groups excluding tert-OH is 10. The Morgan fingerprint density at radius 3 is 1.16 bits per heavy atom. The lowest BCUT2D eigenvalue weighted by Gasteiger charge is -2.49. The highest BCUT2D eigenvalue weighted by atomic mass is 31.2. The fourth-order valence-electron chi connectivity index (χ4n) is 12.0. The van der Waals surface area contributed by atoms with Gasteiger partial charge in [0.15, 0.2) is 18.7 Å². The molecule has 1 aliphatic carbocycles. The van der Waals surface area contributed by atoms with Gasteiger partial charge in [-0.25, -0.2) is 4.57 Å². The molecule has 2 aliphatic heterocycles. The van der Waals surface area contributed by atoms with Gasteiger partial charge in [0.25, 0.3) is 0 Å². The average Bonchev–Trinajstić information content (AvgIpc) is 0.766. The van der Waals surface area contributed by atoms with Crippen molar-refractivity contribution in [1.29, 1.82) is 0 Å². The highest BCUT2D eigenvalue weighted by Crippen LogP contribution is 2.49. The average molecular weight is 1370 g/mol. The molecule has 24 nitrogen and oxygen atoms in total. The van der Waals surface area contributed by atoms with E-state index >= 15 is 0 Å². The lowest BCUT2D eigenvalue weighted by molar-refractivity contribution is -0.360. The van der Waals surface area contributed by atoms with Crippen molar-refractivity contribution in [3.05, 3.63) is 12.2 Å². The van der Waals surface area contributed by atoms with Gasteiger partial charge in [-0.3, -0.25) is 23.4 Å². The summed E-state index contributed by atoms with van der Waals surface area (Å²) in [5.41, 5.74) is 0. The van der Waals surface area contributed by atoms with Crippen molar-refractivity contribution in [1.82, 2.24) is 0 Å². The maximum Gasteiger partial charge on any atom is 0.472 e. The molecule has 0 aromatic rings. The van der Waals surface area contributed by atoms with E-state index in [1.54, 1.807) is 0 Å². The second kappa shape index (κ2) is 51.8. The molecule has 1 saturated carbocycles. The van der Waals surface area contributed by atoms with E-state index in [4.69, 9.17) is 42.2 Å². The van der Waals surface area contributed by atoms with Gasteiger partial charge in [0.1, 0.15) is 98.7 Å². The van der Waals surface area contributed by atoms with E-state index in [1.807, 2.05) is 0 Å². The number of hydrogen-bond donors (Lipinski definition) is 11. The lowest BCUT2D eigenvalue weighted by atomic mass is 9.84. The molecule has 18 atom stereocenters. The lowest BCUT2D eigenvalue weighted by Crippen LogP contribution is -2.69. The summed E-state index contributed by atoms with van der Waals surface area (Å²) < 4.78 is 64.9. The van der Waals surface area contributed by atoms with Gasteiger partial charge >= 0.3 is 25.7 Å². The predicted octanol–water partition coefficient (Wildman–Crippen LogP) is 9.18. The summed E-state index contributed by atoms with van der Waals surface area (Å²) in [5.74, 6) is -2.00. The Hall–Kier alpha value is -2.30. The Kier molecular flexibility index (Phi) is 47.3. The molecular weight excluding hydrogens is 1240 g/mol. The maximum absolute atomic E-state index is 14.3. The minimum Gasteiger partial charge on any atom is -0.463 e. The van der Waals surface area contributed by atoms with E-state index in [1.165, 1.54) is 122 Å². The molecule has 552 valence electrons. The molecule has 11 N–H and O–H groups in total. The van der Waals surface area contributed by atoms with Crippen molar-refractivity contribution in [2.24, 2.45) is 0 Å². The Labute approximate surface area is 561 Å². The minimum absolute atomic E-state index is 0.0313. The number of ether oxygens (including phenoxy) is 7. The summed E-state index contributed by atoms with van der Waals surface area (Å²) in [6.07, 6.45) is 8.73. The van der Waals surface area contributed by atoms with Crippen molar-refractivity contribution in [3.63, 3.8) is 0 Å². The van der Waals surface area contributed by atoms with E-state index in [-0.39, 0.29) is 19.3 Å². The molecule has 2 saturated heterocycles. The Morgan fingerprint density at radius 2 is 0.745 bits per heavy atom. The monoisotopic (exact) mass is 1370 g/mol. The Bertz CT molecular complexity index is 2010. The van der Waals surface area contributed by atoms with E-state index in [0.29, 0.717) is 25.7 Å². The van der Waals surface area contributed by atoms with Crippen LogP contribution in [0.5, 0.6) is 0 Å². The molecule has 0 amide bonds. The SMILES string of the molecule is CCCCCCCC/C=C\CCCCCC(=O)OC(COC(=O)CCCCCCCCCCCCCCCC)COP(=O)(O)OC1C(OC2OC(CO)C(O)C(O)C2O)C(O)C(O)C(O)C1OC1OC(COC(=O)CCCCCCCCCCCCCC)C(O)C(O)C1O. The van der Waals surface area contributed by atoms with Crippen LogP contribution in [0.15, 0.2) is 12.2 Å². The highest BCUT2D eigenvalue weighted by Gasteiger charge is 2.58. The van der Waals surface area contributed by atoms with Crippen LogP contribution in [-0.2, 0) is 61.2 Å². The smallest absolute Gasteiger partial charge is 0.463 e. The van der Waals surface area contributed by atoms with E-state index in [9.17, 15) is 74.9 Å². The van der Waals surface area contributed by atoms with Gasteiger partial charge in [-0.05, 0) is 44.9 Å². The van der Waals surface area contributed by atoms with Crippen LogP contribution < -0.4 is 0 Å². The summed E-state index contributed by atoms with van der Waals surface area (Å²) in [6.45, 7) is 3.41. The van der Waals surface area contributed by atoms with Gasteiger partial charge in [0, 0.05) is 19.3 Å². The molecule has 3 fully saturated rings. The topological polar surface area (TPSA) is 374 Å². The normalized spacial score (nSPS) is 28.3. The van der Waals surface area contributed by atoms with Gasteiger partial charge in [-0.1, -0.05) is 226 Å². The molecule has 2 heterocycles. The number of hydrogen-bond acceptors (Lipinski definition) is 23. The summed E-state index contributed by atoms with van der Waals surface area (Å²) >= 11 is 0. The molecule has 18 unspecified atom stereocenters. The molecule has 0 spiro atoms. The molecule has 3 aliphatic rings. The van der Waals surface area contributed by atoms with E-state index in [2.05, 4.69) is 32.9 Å². The first-order chi connectivity index (χ1) is 45.3. The molecule has 0 aromatic heterocycles. The van der Waals surface area contributed by atoms with Crippen LogP contribution in [0.1, 0.15) is 278 Å². The van der Waals surface area contributed by atoms with Gasteiger partial charge in [-0.15, -0.1) is 0 Å². The standard InChI is InChI=1S/C69H127O24P/c1-4-7-10-13-16-19-22-25-27-29-32-34-37-40-43-53(71)85-47-50(88-55(73)45-42-39-36-33-30-26-23-20-17-14-11-8-5-2)48-87-94(83,84)93-67-65(91-68-63(81)58(76)56(74)51(46-70)89-68)61(79)60(78)62(80)66(67)92-69-64(82)59(77)57(75)52(90-69)49-86-54(72)44-41-38-35-31-28-24-21-18-15-12-9-6-3/h26,30,50-52,56-70,74-82H,4-25,27-29,31-49H2,1-3H3,(H,83,84)/b30-26-. The quantitative estimate of drug-likeness (QED) is 0.00888. The van der Waals surface area contributed by atoms with Gasteiger partial charge in [0.05, 0.1) is 13.2 Å². The van der Waals surface area contributed by atoms with Crippen molar-refractivity contribution in [2.45, 2.75) is 382 Å². The number of aliphatic hydroxyl groups is 10. The number of phosphoric acid groups is 1. The minimum atomic E-state index is -5.69. The molecule has 0 bridgehead atoms. The third-order valence-corrected chi connectivity index (χ3v) is 19.0. The number of unbranched alkanes of at least 4 members (excludes halogenated alkanes) is 33. The van der Waals surface area contributed by atoms with Crippen LogP contribution in [0.2, 0.25) is 0 Å². The second-order valence-corrected chi connectivity index (χ2v) is 27.7. The summed E-state index contributed by atoms with van der Waals surface area (Å²) in [4.78, 5) is 50.9. The van der Waals surface area contributed by atoms with Crippen LogP contribution in [0.4, 0.5) is 0 Å². The third-order valence-electron chi connectivity index (χ3n) is 18.0. The zero-order valence-corrected chi connectivity index (χ0v) is 58.2. The summed E-state index contributed by atoms with van der Waals surface area (Å²) in [6, 6.07) is 0. The summed E-state index contributed by atoms with van der Waals surface area (Å²) in [7, 11) is -5.69. The highest BCUT2D eigenvalue weighted by molar-refractivity contribution is 7.47. The number of carbonyl (C=O) groups is 3. The van der Waals surface area contributed by atoms with Gasteiger partial charge in [-0.2, -0.15) is 0 Å². The molecular formula is C69H127O24P. The van der Waals surface area contributed by atoms with Crippen LogP contribution in [0.3, 0.4) is 0 Å². The second-order valence-electron chi connectivity index (χ2n) is 26.3. The fraction of sp³-hybridized carbons (Fsp3) is 0.928. The first-order valence-corrected chi connectivity index (χ1v) is 38.0. The predicted molar refractivity (Wildman–Crippen MR) is 352 cm³/mol. The number of esters is 3. The summed E-state index contributed by atoms with van der Waals surface area (Å²) in [5, 5.41) is 110. The van der Waals surface area contributed by atoms with Crippen LogP contribution in [0, 0.1) is 0 Å². The van der Waals surface area contributed by atoms with Gasteiger partial charge < -0.3 is 89.1 Å². The van der Waals surface area contributed by atoms with E-state index < -0.39 is 156 Å². The number of rotatable bonds is 56. The van der Waals surface area contributed by atoms with Crippen molar-refractivity contribution >= 4 is 25.7 Å². The molecule has 0 radical (unpaired) electrons.